The fraction of sp³-hybridized carbons (Fsp3) is 0.364. The van der Waals surface area contributed by atoms with Crippen molar-refractivity contribution < 1.29 is 14.7 Å². The van der Waals surface area contributed by atoms with Gasteiger partial charge in [0.2, 0.25) is 0 Å². The number of hydrogen-bond donors (Lipinski definition) is 1. The fourth-order valence-corrected chi connectivity index (χ4v) is 1.13. The smallest absolute Gasteiger partial charge is 0.279 e. The van der Waals surface area contributed by atoms with Gasteiger partial charge in [0.05, 0.1) is 12.3 Å². The van der Waals surface area contributed by atoms with Crippen molar-refractivity contribution in [2.24, 2.45) is 0 Å². The van der Waals surface area contributed by atoms with Crippen LogP contribution in [0.1, 0.15) is 13.8 Å². The minimum absolute atomic E-state index is 0.368. The Labute approximate surface area is 89.0 Å². The Morgan fingerprint density at radius 3 is 2.53 bits per heavy atom. The summed E-state index contributed by atoms with van der Waals surface area (Å²) in [5, 5.41) is 10.3. The lowest BCUT2D eigenvalue weighted by molar-refractivity contribution is -0.133. The van der Waals surface area contributed by atoms with Crippen molar-refractivity contribution in [2.75, 3.05) is 11.7 Å². The molecule has 1 amide bonds. The molecular formula is C11H15NO3. The van der Waals surface area contributed by atoms with Crippen LogP contribution < -0.4 is 5.06 Å². The highest BCUT2D eigenvalue weighted by molar-refractivity contribution is 5.94. The van der Waals surface area contributed by atoms with Crippen LogP contribution in [0.25, 0.3) is 0 Å². The average Bonchev–Trinajstić information content (AvgIpc) is 2.26. The molecule has 1 aromatic carbocycles. The summed E-state index contributed by atoms with van der Waals surface area (Å²) in [6, 6.07) is 8.94. The van der Waals surface area contributed by atoms with E-state index in [0.29, 0.717) is 12.3 Å². The van der Waals surface area contributed by atoms with E-state index in [1.54, 1.807) is 31.2 Å². The van der Waals surface area contributed by atoms with Crippen molar-refractivity contribution in [1.29, 1.82) is 0 Å². The molecule has 1 rings (SSSR count). The molecule has 0 saturated carbocycles. The van der Waals surface area contributed by atoms with Crippen molar-refractivity contribution >= 4 is 11.6 Å². The lowest BCUT2D eigenvalue weighted by Crippen LogP contribution is -2.37. The molecule has 0 heterocycles. The van der Waals surface area contributed by atoms with Crippen LogP contribution in [-0.4, -0.2) is 23.7 Å². The molecule has 1 aromatic rings. The summed E-state index contributed by atoms with van der Waals surface area (Å²) in [5.41, 5.74) is 0.616. The molecule has 4 heteroatoms. The Morgan fingerprint density at radius 1 is 1.47 bits per heavy atom. The number of amides is 1. The molecule has 15 heavy (non-hydrogen) atoms. The zero-order chi connectivity index (χ0) is 11.3. The maximum Gasteiger partial charge on any atom is 0.279 e. The summed E-state index contributed by atoms with van der Waals surface area (Å²) in [5.74, 6) is -0.469. The van der Waals surface area contributed by atoms with E-state index in [0.717, 1.165) is 5.06 Å². The van der Waals surface area contributed by atoms with Gasteiger partial charge in [0.1, 0.15) is 6.10 Å². The molecule has 0 aliphatic carbocycles. The second kappa shape index (κ2) is 5.48. The predicted octanol–water partition coefficient (Wildman–Crippen LogP) is 1.35. The van der Waals surface area contributed by atoms with Crippen LogP contribution in [0.2, 0.25) is 0 Å². The summed E-state index contributed by atoms with van der Waals surface area (Å²) in [4.78, 5) is 16.8. The molecule has 0 saturated heterocycles. The number of rotatable bonds is 4. The summed E-state index contributed by atoms with van der Waals surface area (Å²) in [7, 11) is 0. The van der Waals surface area contributed by atoms with Gasteiger partial charge in [-0.15, -0.1) is 0 Å². The van der Waals surface area contributed by atoms with E-state index >= 15 is 0 Å². The van der Waals surface area contributed by atoms with Crippen molar-refractivity contribution in [3.8, 4) is 0 Å². The molecule has 0 bridgehead atoms. The lowest BCUT2D eigenvalue weighted by Gasteiger charge is -2.22. The lowest BCUT2D eigenvalue weighted by atomic mass is 10.3. The number of hydrogen-bond acceptors (Lipinski definition) is 3. The highest BCUT2D eigenvalue weighted by Crippen LogP contribution is 2.14. The van der Waals surface area contributed by atoms with Gasteiger partial charge < -0.3 is 5.11 Å². The minimum Gasteiger partial charge on any atom is -0.383 e. The SMILES string of the molecule is CCON(C(=O)C(C)O)c1ccccc1. The van der Waals surface area contributed by atoms with Crippen molar-refractivity contribution in [1.82, 2.24) is 0 Å². The van der Waals surface area contributed by atoms with Crippen LogP contribution in [-0.2, 0) is 9.63 Å². The van der Waals surface area contributed by atoms with Crippen molar-refractivity contribution in [2.45, 2.75) is 20.0 Å². The summed E-state index contributed by atoms with van der Waals surface area (Å²) in [6.07, 6.45) is -1.07. The van der Waals surface area contributed by atoms with Gasteiger partial charge in [-0.05, 0) is 26.0 Å². The molecule has 1 N–H and O–H groups in total. The second-order valence-electron chi connectivity index (χ2n) is 3.06. The number of para-hydroxylation sites is 1. The molecule has 0 radical (unpaired) electrons. The average molecular weight is 209 g/mol. The van der Waals surface area contributed by atoms with E-state index in [4.69, 9.17) is 4.84 Å². The number of benzene rings is 1. The molecule has 4 nitrogen and oxygen atoms in total. The number of carbonyl (C=O) groups is 1. The van der Waals surface area contributed by atoms with Crippen molar-refractivity contribution in [3.63, 3.8) is 0 Å². The molecule has 0 spiro atoms. The quantitative estimate of drug-likeness (QED) is 0.761. The van der Waals surface area contributed by atoms with Gasteiger partial charge in [-0.25, -0.2) is 0 Å². The number of aliphatic hydroxyl groups is 1. The summed E-state index contributed by atoms with van der Waals surface area (Å²) in [6.45, 7) is 3.57. The van der Waals surface area contributed by atoms with Gasteiger partial charge in [-0.1, -0.05) is 18.2 Å². The molecule has 1 atom stereocenters. The first-order valence-corrected chi connectivity index (χ1v) is 4.86. The highest BCUT2D eigenvalue weighted by atomic mass is 16.7. The third kappa shape index (κ3) is 3.04. The highest BCUT2D eigenvalue weighted by Gasteiger charge is 2.20. The summed E-state index contributed by atoms with van der Waals surface area (Å²) < 4.78 is 0. The maximum absolute atomic E-state index is 11.6. The standard InChI is InChI=1S/C11H15NO3/c1-3-15-12(11(14)9(2)13)10-7-5-4-6-8-10/h4-9,13H,3H2,1-2H3. The van der Waals surface area contributed by atoms with E-state index in [1.807, 2.05) is 6.07 Å². The van der Waals surface area contributed by atoms with Crippen LogP contribution in [0.15, 0.2) is 30.3 Å². The van der Waals surface area contributed by atoms with Gasteiger partial charge in [0, 0.05) is 0 Å². The fourth-order valence-electron chi connectivity index (χ4n) is 1.13. The van der Waals surface area contributed by atoms with E-state index in [1.165, 1.54) is 6.92 Å². The van der Waals surface area contributed by atoms with E-state index in [2.05, 4.69) is 0 Å². The van der Waals surface area contributed by atoms with E-state index < -0.39 is 12.0 Å². The molecule has 82 valence electrons. The molecule has 0 fully saturated rings. The first kappa shape index (κ1) is 11.7. The first-order chi connectivity index (χ1) is 7.16. The van der Waals surface area contributed by atoms with Gasteiger partial charge in [0.25, 0.3) is 5.91 Å². The molecule has 0 aromatic heterocycles. The Hall–Kier alpha value is -1.39. The Kier molecular flexibility index (Phi) is 4.27. The van der Waals surface area contributed by atoms with Crippen LogP contribution >= 0.6 is 0 Å². The van der Waals surface area contributed by atoms with Gasteiger partial charge >= 0.3 is 0 Å². The maximum atomic E-state index is 11.6. The minimum atomic E-state index is -1.07. The number of anilines is 1. The zero-order valence-electron chi connectivity index (χ0n) is 8.88. The Morgan fingerprint density at radius 2 is 2.07 bits per heavy atom. The van der Waals surface area contributed by atoms with Gasteiger partial charge in [-0.2, -0.15) is 5.06 Å². The third-order valence-electron chi connectivity index (χ3n) is 1.81. The molecule has 0 aliphatic rings. The normalized spacial score (nSPS) is 12.2. The Balaban J connectivity index is 2.88. The Bertz CT molecular complexity index is 311. The molecule has 1 unspecified atom stereocenters. The number of hydroxylamine groups is 1. The van der Waals surface area contributed by atoms with Crippen molar-refractivity contribution in [3.05, 3.63) is 30.3 Å². The number of carbonyl (C=O) groups excluding carboxylic acids is 1. The molecular weight excluding hydrogens is 194 g/mol. The first-order valence-electron chi connectivity index (χ1n) is 4.86. The number of aliphatic hydroxyl groups excluding tert-OH is 1. The van der Waals surface area contributed by atoms with Gasteiger partial charge in [0.15, 0.2) is 0 Å². The van der Waals surface area contributed by atoms with E-state index in [-0.39, 0.29) is 0 Å². The van der Waals surface area contributed by atoms with Crippen LogP contribution in [0.5, 0.6) is 0 Å². The molecule has 0 aliphatic heterocycles. The topological polar surface area (TPSA) is 49.8 Å². The second-order valence-corrected chi connectivity index (χ2v) is 3.06. The monoisotopic (exact) mass is 209 g/mol. The third-order valence-corrected chi connectivity index (χ3v) is 1.81. The largest absolute Gasteiger partial charge is 0.383 e. The van der Waals surface area contributed by atoms with Crippen LogP contribution in [0, 0.1) is 0 Å². The van der Waals surface area contributed by atoms with Crippen LogP contribution in [0.3, 0.4) is 0 Å². The van der Waals surface area contributed by atoms with Gasteiger partial charge in [-0.3, -0.25) is 9.63 Å². The summed E-state index contributed by atoms with van der Waals surface area (Å²) >= 11 is 0. The zero-order valence-corrected chi connectivity index (χ0v) is 8.88. The van der Waals surface area contributed by atoms with Crippen LogP contribution in [0.4, 0.5) is 5.69 Å². The van der Waals surface area contributed by atoms with E-state index in [9.17, 15) is 9.90 Å². The predicted molar refractivity (Wildman–Crippen MR) is 57.2 cm³/mol. The number of nitrogens with zero attached hydrogens (tertiary/aromatic N) is 1.